The van der Waals surface area contributed by atoms with Gasteiger partial charge in [-0.25, -0.2) is 0 Å². The molecule has 6 nitrogen and oxygen atoms in total. The summed E-state index contributed by atoms with van der Waals surface area (Å²) >= 11 is 0. The fourth-order valence-electron chi connectivity index (χ4n) is 10.2. The maximum absolute atomic E-state index is 12.9. The smallest absolute Gasteiger partial charge is 0.306 e. The zero-order valence-corrected chi connectivity index (χ0v) is 54.9. The zero-order chi connectivity index (χ0) is 59.9. The zero-order valence-electron chi connectivity index (χ0n) is 54.9. The van der Waals surface area contributed by atoms with Gasteiger partial charge in [-0.15, -0.1) is 0 Å². The Hall–Kier alpha value is -3.67. The molecular formula is C77H134O6. The first-order chi connectivity index (χ1) is 41.0. The average Bonchev–Trinajstić information content (AvgIpc) is 3.50. The highest BCUT2D eigenvalue weighted by atomic mass is 16.6. The topological polar surface area (TPSA) is 78.9 Å². The van der Waals surface area contributed by atoms with E-state index < -0.39 is 6.10 Å². The van der Waals surface area contributed by atoms with Gasteiger partial charge in [-0.3, -0.25) is 14.4 Å². The third kappa shape index (κ3) is 69.0. The Kier molecular flexibility index (Phi) is 67.7. The van der Waals surface area contributed by atoms with Crippen molar-refractivity contribution in [2.45, 2.75) is 361 Å². The maximum Gasteiger partial charge on any atom is 0.306 e. The second-order valence-electron chi connectivity index (χ2n) is 23.8. The van der Waals surface area contributed by atoms with Crippen molar-refractivity contribution in [3.63, 3.8) is 0 Å². The largest absolute Gasteiger partial charge is 0.462 e. The molecule has 6 heteroatoms. The summed E-state index contributed by atoms with van der Waals surface area (Å²) in [5.41, 5.74) is 0. The minimum atomic E-state index is -0.798. The Morgan fingerprint density at radius 3 is 0.759 bits per heavy atom. The molecule has 1 unspecified atom stereocenters. The van der Waals surface area contributed by atoms with Gasteiger partial charge >= 0.3 is 17.9 Å². The van der Waals surface area contributed by atoms with E-state index in [1.807, 2.05) is 0 Å². The lowest BCUT2D eigenvalue weighted by Gasteiger charge is -2.18. The van der Waals surface area contributed by atoms with Crippen LogP contribution >= 0.6 is 0 Å². The number of unbranched alkanes of at least 4 members (excludes halogenated alkanes) is 38. The summed E-state index contributed by atoms with van der Waals surface area (Å²) < 4.78 is 17.0. The monoisotopic (exact) mass is 1160 g/mol. The van der Waals surface area contributed by atoms with Crippen LogP contribution in [0.2, 0.25) is 0 Å². The van der Waals surface area contributed by atoms with Crippen LogP contribution in [0.3, 0.4) is 0 Å². The SMILES string of the molecule is CC/C=C\C/C=C\C/C=C\C/C=C\C/C=C\CCCCCC(=O)OC(COC(=O)CCCCCCCCCCC/C=C\CCCCCCCC)COC(=O)CCCCCCCCCCCCCCCCC/C=C\C/C=C\CCCCCCC. The molecule has 0 fully saturated rings. The molecule has 0 aromatic carbocycles. The lowest BCUT2D eigenvalue weighted by molar-refractivity contribution is -0.167. The van der Waals surface area contributed by atoms with Crippen LogP contribution in [0.1, 0.15) is 355 Å². The molecule has 478 valence electrons. The number of allylic oxidation sites excluding steroid dienone is 16. The number of esters is 3. The first kappa shape index (κ1) is 79.3. The van der Waals surface area contributed by atoms with Crippen LogP contribution in [-0.4, -0.2) is 37.2 Å². The number of rotatable bonds is 65. The van der Waals surface area contributed by atoms with Crippen LogP contribution < -0.4 is 0 Å². The Bertz CT molecular complexity index is 1610. The Labute approximate surface area is 515 Å². The molecule has 0 saturated carbocycles. The van der Waals surface area contributed by atoms with E-state index in [9.17, 15) is 14.4 Å². The van der Waals surface area contributed by atoms with Crippen LogP contribution in [0.15, 0.2) is 97.2 Å². The van der Waals surface area contributed by atoms with Crippen LogP contribution in [0, 0.1) is 0 Å². The summed E-state index contributed by atoms with van der Waals surface area (Å²) in [6.07, 6.45) is 95.7. The molecule has 0 amide bonds. The quantitative estimate of drug-likeness (QED) is 0.0261. The van der Waals surface area contributed by atoms with Crippen molar-refractivity contribution in [3.05, 3.63) is 97.2 Å². The molecule has 0 aromatic heterocycles. The molecule has 0 heterocycles. The van der Waals surface area contributed by atoms with Gasteiger partial charge in [0.25, 0.3) is 0 Å². The number of carbonyl (C=O) groups excluding carboxylic acids is 3. The van der Waals surface area contributed by atoms with Crippen molar-refractivity contribution in [2.75, 3.05) is 13.2 Å². The van der Waals surface area contributed by atoms with Crippen LogP contribution in [0.5, 0.6) is 0 Å². The van der Waals surface area contributed by atoms with Gasteiger partial charge in [0.1, 0.15) is 13.2 Å². The third-order valence-electron chi connectivity index (χ3n) is 15.5. The Morgan fingerprint density at radius 2 is 0.470 bits per heavy atom. The molecule has 0 spiro atoms. The fourth-order valence-corrected chi connectivity index (χ4v) is 10.2. The van der Waals surface area contributed by atoms with E-state index in [0.717, 1.165) is 103 Å². The fraction of sp³-hybridized carbons (Fsp3) is 0.753. The molecule has 0 bridgehead atoms. The summed E-state index contributed by atoms with van der Waals surface area (Å²) in [4.78, 5) is 38.5. The molecule has 0 aliphatic carbocycles. The van der Waals surface area contributed by atoms with E-state index in [1.54, 1.807) is 0 Å². The van der Waals surface area contributed by atoms with E-state index in [0.29, 0.717) is 12.8 Å². The van der Waals surface area contributed by atoms with Crippen LogP contribution in [-0.2, 0) is 28.6 Å². The van der Waals surface area contributed by atoms with Crippen molar-refractivity contribution in [3.8, 4) is 0 Å². The number of hydrogen-bond acceptors (Lipinski definition) is 6. The van der Waals surface area contributed by atoms with E-state index in [4.69, 9.17) is 14.2 Å². The predicted octanol–water partition coefficient (Wildman–Crippen LogP) is 24.8. The molecule has 83 heavy (non-hydrogen) atoms. The molecule has 0 radical (unpaired) electrons. The van der Waals surface area contributed by atoms with Gasteiger partial charge in [0.15, 0.2) is 6.10 Å². The van der Waals surface area contributed by atoms with Crippen molar-refractivity contribution >= 4 is 17.9 Å². The van der Waals surface area contributed by atoms with Crippen molar-refractivity contribution in [1.82, 2.24) is 0 Å². The molecule has 0 N–H and O–H groups in total. The number of hydrogen-bond donors (Lipinski definition) is 0. The van der Waals surface area contributed by atoms with Gasteiger partial charge in [-0.1, -0.05) is 311 Å². The van der Waals surface area contributed by atoms with E-state index in [2.05, 4.69) is 118 Å². The molecule has 0 saturated heterocycles. The molecule has 0 aromatic rings. The summed E-state index contributed by atoms with van der Waals surface area (Å²) in [6.45, 7) is 6.53. The lowest BCUT2D eigenvalue weighted by atomic mass is 10.0. The lowest BCUT2D eigenvalue weighted by Crippen LogP contribution is -2.30. The van der Waals surface area contributed by atoms with Crippen LogP contribution in [0.4, 0.5) is 0 Å². The van der Waals surface area contributed by atoms with Gasteiger partial charge in [-0.05, 0) is 122 Å². The first-order valence-electron chi connectivity index (χ1n) is 35.7. The van der Waals surface area contributed by atoms with E-state index >= 15 is 0 Å². The number of carbonyl (C=O) groups is 3. The summed E-state index contributed by atoms with van der Waals surface area (Å²) in [7, 11) is 0. The second-order valence-corrected chi connectivity index (χ2v) is 23.8. The summed E-state index contributed by atoms with van der Waals surface area (Å²) in [5, 5.41) is 0. The predicted molar refractivity (Wildman–Crippen MR) is 362 cm³/mol. The summed E-state index contributed by atoms with van der Waals surface area (Å²) in [6, 6.07) is 0. The van der Waals surface area contributed by atoms with Crippen LogP contribution in [0.25, 0.3) is 0 Å². The van der Waals surface area contributed by atoms with Gasteiger partial charge in [0.2, 0.25) is 0 Å². The molecular weight excluding hydrogens is 1020 g/mol. The van der Waals surface area contributed by atoms with Gasteiger partial charge in [0.05, 0.1) is 0 Å². The highest BCUT2D eigenvalue weighted by Gasteiger charge is 2.19. The van der Waals surface area contributed by atoms with Gasteiger partial charge in [0, 0.05) is 19.3 Å². The average molecular weight is 1160 g/mol. The number of ether oxygens (including phenoxy) is 3. The van der Waals surface area contributed by atoms with Crippen molar-refractivity contribution in [2.24, 2.45) is 0 Å². The second kappa shape index (κ2) is 70.8. The standard InChI is InChI=1S/C77H134O6/c1-4-7-10-13-16-19-22-25-28-31-34-35-36-37-38-39-40-41-44-46-49-52-55-58-61-64-67-70-76(79)82-73-74(83-77(80)71-68-65-62-59-56-53-50-47-43-33-30-27-24-21-18-15-12-9-6-3)72-81-75(78)69-66-63-60-57-54-51-48-45-42-32-29-26-23-20-17-14-11-8-5-2/h9,12,18,21-22,25-27,29-31,34,43,47,53,56,74H,4-8,10-11,13-17,19-20,23-24,28,32-33,35-42,44-46,48-52,54-55,57-73H2,1-3H3/b12-9-,21-18-,25-22-,29-26-,30-27-,34-31-,47-43-,56-53-. The minimum absolute atomic E-state index is 0.0898. The first-order valence-corrected chi connectivity index (χ1v) is 35.7. The van der Waals surface area contributed by atoms with Crippen molar-refractivity contribution in [1.29, 1.82) is 0 Å². The minimum Gasteiger partial charge on any atom is -0.462 e. The van der Waals surface area contributed by atoms with Gasteiger partial charge < -0.3 is 14.2 Å². The highest BCUT2D eigenvalue weighted by Crippen LogP contribution is 2.17. The van der Waals surface area contributed by atoms with E-state index in [-0.39, 0.29) is 37.5 Å². The molecule has 0 aliphatic heterocycles. The Morgan fingerprint density at radius 1 is 0.253 bits per heavy atom. The highest BCUT2D eigenvalue weighted by molar-refractivity contribution is 5.71. The maximum atomic E-state index is 12.9. The molecule has 0 rings (SSSR count). The van der Waals surface area contributed by atoms with Gasteiger partial charge in [-0.2, -0.15) is 0 Å². The molecule has 0 aliphatic rings. The normalized spacial score (nSPS) is 12.7. The van der Waals surface area contributed by atoms with Crippen molar-refractivity contribution < 1.29 is 28.6 Å². The summed E-state index contributed by atoms with van der Waals surface area (Å²) in [5.74, 6) is -0.908. The Balaban J connectivity index is 4.36. The third-order valence-corrected chi connectivity index (χ3v) is 15.5. The molecule has 1 atom stereocenters. The van der Waals surface area contributed by atoms with E-state index in [1.165, 1.54) is 212 Å².